The molecule has 2 aromatic carbocycles. The van der Waals surface area contributed by atoms with Gasteiger partial charge in [-0.15, -0.1) is 0 Å². The van der Waals surface area contributed by atoms with Gasteiger partial charge in [-0.3, -0.25) is 4.79 Å². The molecule has 0 saturated carbocycles. The van der Waals surface area contributed by atoms with E-state index in [1.54, 1.807) is 36.4 Å². The smallest absolute Gasteiger partial charge is 0.180 e. The minimum Gasteiger partial charge on any atom is -0.545 e. The molecule has 2 N–H and O–H groups in total. The number of hydrogen-bond acceptors (Lipinski definition) is 7. The fourth-order valence-electron chi connectivity index (χ4n) is 2.80. The van der Waals surface area contributed by atoms with E-state index in [9.17, 15) is 24.6 Å². The largest absolute Gasteiger partial charge is 0.545 e. The van der Waals surface area contributed by atoms with E-state index in [0.717, 1.165) is 0 Å². The van der Waals surface area contributed by atoms with Crippen LogP contribution in [0.2, 0.25) is 0 Å². The molecule has 0 aliphatic heterocycles. The molecule has 7 heteroatoms. The molecule has 26 heavy (non-hydrogen) atoms. The summed E-state index contributed by atoms with van der Waals surface area (Å²) in [6, 6.07) is 10.9. The van der Waals surface area contributed by atoms with E-state index in [0.29, 0.717) is 5.69 Å². The lowest BCUT2D eigenvalue weighted by Crippen LogP contribution is -2.40. The van der Waals surface area contributed by atoms with Gasteiger partial charge in [-0.05, 0) is 18.2 Å². The van der Waals surface area contributed by atoms with Crippen LogP contribution in [0.3, 0.4) is 0 Å². The third-order valence-corrected chi connectivity index (χ3v) is 4.06. The van der Waals surface area contributed by atoms with Crippen LogP contribution in [0.4, 0.5) is 11.4 Å². The molecule has 0 unspecified atom stereocenters. The van der Waals surface area contributed by atoms with Crippen molar-refractivity contribution in [2.45, 2.75) is 12.1 Å². The highest BCUT2D eigenvalue weighted by Gasteiger charge is 2.31. The Morgan fingerprint density at radius 2 is 1.31 bits per heavy atom. The lowest BCUT2D eigenvalue weighted by Gasteiger charge is -2.25. The number of benzene rings is 2. The summed E-state index contributed by atoms with van der Waals surface area (Å²) in [4.78, 5) is 34.7. The molecule has 0 spiro atoms. The summed E-state index contributed by atoms with van der Waals surface area (Å²) in [5.41, 5.74) is 0.446. The van der Waals surface area contributed by atoms with Crippen LogP contribution in [0.25, 0.3) is 0 Å². The summed E-state index contributed by atoms with van der Waals surface area (Å²) in [7, 11) is 0. The standard InChI is InChI=1S/C19H16N2O5/c22-16-10-9-15(20-13-7-3-1-5-11(13)18(23)24)17(16)21-14-8-4-2-6-12(14)19(25)26/h1-10,15,17,20-21H,(H,23,24)(H,25,26)/p-2/t15-,17-/m0/s1. The van der Waals surface area contributed by atoms with Gasteiger partial charge in [0.25, 0.3) is 0 Å². The molecule has 0 fully saturated rings. The van der Waals surface area contributed by atoms with E-state index in [4.69, 9.17) is 0 Å². The number of rotatable bonds is 6. The number of hydrogen-bond donors (Lipinski definition) is 2. The molecule has 0 saturated heterocycles. The molecular weight excluding hydrogens is 336 g/mol. The maximum absolute atomic E-state index is 12.2. The molecule has 3 rings (SSSR count). The lowest BCUT2D eigenvalue weighted by atomic mass is 10.1. The first kappa shape index (κ1) is 17.2. The van der Waals surface area contributed by atoms with Crippen LogP contribution in [0, 0.1) is 0 Å². The highest BCUT2D eigenvalue weighted by molar-refractivity contribution is 6.02. The van der Waals surface area contributed by atoms with Crippen LogP contribution in [0.15, 0.2) is 60.7 Å². The predicted octanol–water partition coefficient (Wildman–Crippen LogP) is -0.186. The molecule has 7 nitrogen and oxygen atoms in total. The van der Waals surface area contributed by atoms with Crippen molar-refractivity contribution in [3.8, 4) is 0 Å². The van der Waals surface area contributed by atoms with Gasteiger partial charge in [0.05, 0.1) is 18.0 Å². The van der Waals surface area contributed by atoms with E-state index >= 15 is 0 Å². The lowest BCUT2D eigenvalue weighted by molar-refractivity contribution is -0.256. The summed E-state index contributed by atoms with van der Waals surface area (Å²) in [5.74, 6) is -2.96. The van der Waals surface area contributed by atoms with E-state index in [1.807, 2.05) is 0 Å². The zero-order chi connectivity index (χ0) is 18.7. The van der Waals surface area contributed by atoms with Crippen molar-refractivity contribution in [3.05, 3.63) is 71.8 Å². The molecule has 132 valence electrons. The third kappa shape index (κ3) is 3.41. The topological polar surface area (TPSA) is 121 Å². The maximum Gasteiger partial charge on any atom is 0.180 e. The van der Waals surface area contributed by atoms with Crippen molar-refractivity contribution in [2.75, 3.05) is 10.6 Å². The Balaban J connectivity index is 1.86. The van der Waals surface area contributed by atoms with Crippen molar-refractivity contribution >= 4 is 29.1 Å². The van der Waals surface area contributed by atoms with Crippen LogP contribution in [-0.4, -0.2) is 29.8 Å². The minimum atomic E-state index is -1.36. The van der Waals surface area contributed by atoms with Crippen molar-refractivity contribution in [3.63, 3.8) is 0 Å². The third-order valence-electron chi connectivity index (χ3n) is 4.06. The van der Waals surface area contributed by atoms with Crippen LogP contribution < -0.4 is 20.8 Å². The Bertz CT molecular complexity index is 906. The number of carbonyl (C=O) groups excluding carboxylic acids is 3. The normalized spacial score (nSPS) is 18.5. The van der Waals surface area contributed by atoms with E-state index in [-0.39, 0.29) is 22.6 Å². The molecule has 2 aromatic rings. The quantitative estimate of drug-likeness (QED) is 0.741. The van der Waals surface area contributed by atoms with Crippen molar-refractivity contribution < 1.29 is 24.6 Å². The van der Waals surface area contributed by atoms with Crippen molar-refractivity contribution in [1.29, 1.82) is 0 Å². The van der Waals surface area contributed by atoms with Gasteiger partial charge < -0.3 is 30.4 Å². The number of nitrogens with one attached hydrogen (secondary N) is 2. The number of carbonyl (C=O) groups is 3. The highest BCUT2D eigenvalue weighted by Crippen LogP contribution is 2.23. The van der Waals surface area contributed by atoms with Gasteiger partial charge in [-0.25, -0.2) is 0 Å². The Morgan fingerprint density at radius 1 is 0.808 bits per heavy atom. The summed E-state index contributed by atoms with van der Waals surface area (Å²) in [6.07, 6.45) is 2.95. The maximum atomic E-state index is 12.2. The Hall–Kier alpha value is -3.61. The first-order valence-corrected chi connectivity index (χ1v) is 7.83. The zero-order valence-electron chi connectivity index (χ0n) is 13.5. The van der Waals surface area contributed by atoms with Gasteiger partial charge in [0.1, 0.15) is 6.04 Å². The first-order valence-electron chi connectivity index (χ1n) is 7.83. The fourth-order valence-corrected chi connectivity index (χ4v) is 2.80. The number of anilines is 2. The van der Waals surface area contributed by atoms with Gasteiger partial charge in [0.2, 0.25) is 0 Å². The minimum absolute atomic E-state index is 0.0332. The van der Waals surface area contributed by atoms with E-state index < -0.39 is 24.0 Å². The van der Waals surface area contributed by atoms with Crippen LogP contribution in [0.1, 0.15) is 20.7 Å². The Morgan fingerprint density at radius 3 is 1.85 bits per heavy atom. The highest BCUT2D eigenvalue weighted by atomic mass is 16.4. The summed E-state index contributed by atoms with van der Waals surface area (Å²) < 4.78 is 0. The van der Waals surface area contributed by atoms with Crippen molar-refractivity contribution in [1.82, 2.24) is 0 Å². The molecule has 0 bridgehead atoms. The van der Waals surface area contributed by atoms with Gasteiger partial charge in [0.15, 0.2) is 5.78 Å². The summed E-state index contributed by atoms with van der Waals surface area (Å²) in [6.45, 7) is 0. The SMILES string of the molecule is O=C([O-])c1ccccc1N[C@H]1C=CC(=O)[C@H]1Nc1ccccc1C(=O)[O-]. The Labute approximate surface area is 149 Å². The van der Waals surface area contributed by atoms with Crippen LogP contribution in [-0.2, 0) is 4.79 Å². The molecule has 0 radical (unpaired) electrons. The average Bonchev–Trinajstić information content (AvgIpc) is 2.95. The second-order valence-electron chi connectivity index (χ2n) is 5.72. The number of para-hydroxylation sites is 2. The summed E-state index contributed by atoms with van der Waals surface area (Å²) >= 11 is 0. The van der Waals surface area contributed by atoms with Crippen LogP contribution in [0.5, 0.6) is 0 Å². The molecule has 0 heterocycles. The molecule has 2 atom stereocenters. The van der Waals surface area contributed by atoms with Crippen molar-refractivity contribution in [2.24, 2.45) is 0 Å². The molecule has 0 amide bonds. The average molecular weight is 350 g/mol. The van der Waals surface area contributed by atoms with Gasteiger partial charge in [-0.2, -0.15) is 0 Å². The molecule has 1 aliphatic carbocycles. The number of ketones is 1. The fraction of sp³-hybridized carbons (Fsp3) is 0.105. The molecule has 0 aromatic heterocycles. The molecule has 1 aliphatic rings. The Kier molecular flexibility index (Phi) is 4.70. The number of carboxylic acids is 2. The second kappa shape index (κ2) is 7.10. The van der Waals surface area contributed by atoms with Gasteiger partial charge in [0, 0.05) is 22.5 Å². The first-order chi connectivity index (χ1) is 12.5. The van der Waals surface area contributed by atoms with Crippen LogP contribution >= 0.6 is 0 Å². The number of aromatic carboxylic acids is 2. The van der Waals surface area contributed by atoms with E-state index in [1.165, 1.54) is 24.3 Å². The van der Waals surface area contributed by atoms with Gasteiger partial charge in [-0.1, -0.05) is 42.5 Å². The molecular formula is C19H14N2O5-2. The second-order valence-corrected chi connectivity index (χ2v) is 5.72. The monoisotopic (exact) mass is 350 g/mol. The summed E-state index contributed by atoms with van der Waals surface area (Å²) in [5, 5.41) is 28.3. The van der Waals surface area contributed by atoms with E-state index in [2.05, 4.69) is 10.6 Å². The predicted molar refractivity (Wildman–Crippen MR) is 90.5 cm³/mol. The number of carboxylic acid groups (broad SMARTS) is 2. The zero-order valence-corrected chi connectivity index (χ0v) is 13.5. The van der Waals surface area contributed by atoms with Gasteiger partial charge >= 0.3 is 0 Å².